The zero-order valence-corrected chi connectivity index (χ0v) is 32.5. The summed E-state index contributed by atoms with van der Waals surface area (Å²) in [6, 6.07) is 70.7. The Labute approximate surface area is 344 Å². The topological polar surface area (TPSA) is 48.5 Å². The molecule has 0 saturated carbocycles. The van der Waals surface area contributed by atoms with Gasteiger partial charge in [-0.2, -0.15) is 0 Å². The van der Waals surface area contributed by atoms with Crippen molar-refractivity contribution in [1.82, 2.24) is 24.1 Å². The minimum absolute atomic E-state index is 0.620. The van der Waals surface area contributed by atoms with Crippen molar-refractivity contribution in [3.05, 3.63) is 200 Å². The summed E-state index contributed by atoms with van der Waals surface area (Å²) in [4.78, 5) is 18.1. The number of para-hydroxylation sites is 3. The Hall–Kier alpha value is -7.54. The van der Waals surface area contributed by atoms with E-state index in [4.69, 9.17) is 15.0 Å². The molecule has 1 aliphatic rings. The molecule has 0 fully saturated rings. The summed E-state index contributed by atoms with van der Waals surface area (Å²) in [5.41, 5.74) is 13.2. The molecular weight excluding hydrogens is 739 g/mol. The van der Waals surface area contributed by atoms with Crippen LogP contribution in [0.2, 0.25) is 0 Å². The Morgan fingerprint density at radius 3 is 1.47 bits per heavy atom. The van der Waals surface area contributed by atoms with Gasteiger partial charge in [0.1, 0.15) is 5.65 Å². The quantitative estimate of drug-likeness (QED) is 0.169. The lowest BCUT2D eigenvalue weighted by Gasteiger charge is -2.21. The van der Waals surface area contributed by atoms with Gasteiger partial charge in [-0.1, -0.05) is 176 Å². The molecule has 0 saturated heterocycles. The third-order valence-electron chi connectivity index (χ3n) is 11.4. The van der Waals surface area contributed by atoms with Gasteiger partial charge in [-0.3, -0.25) is 9.13 Å². The SMILES string of the molecule is c1ccc(-c2ccc(-c3nc(-c4ccc(-c5ccccc5)cc4)nc(-c4ccc5c6c7cccc8c7n(c6n(-c6ccccc6)c5c4)-c4ccccc4S8)n3)cc2)cc1. The average Bonchev–Trinajstić information content (AvgIpc) is 3.83. The minimum Gasteiger partial charge on any atom is -0.295 e. The maximum absolute atomic E-state index is 5.21. The molecule has 3 aromatic heterocycles. The Balaban J connectivity index is 1.08. The molecule has 0 bridgehead atoms. The van der Waals surface area contributed by atoms with E-state index >= 15 is 0 Å². The summed E-state index contributed by atoms with van der Waals surface area (Å²) in [6.07, 6.45) is 0. The smallest absolute Gasteiger partial charge is 0.164 e. The summed E-state index contributed by atoms with van der Waals surface area (Å²) in [5, 5.41) is 3.66. The maximum Gasteiger partial charge on any atom is 0.164 e. The molecular formula is C53H33N5S. The van der Waals surface area contributed by atoms with Crippen molar-refractivity contribution in [3.8, 4) is 67.8 Å². The van der Waals surface area contributed by atoms with Crippen molar-refractivity contribution >= 4 is 44.6 Å². The largest absolute Gasteiger partial charge is 0.295 e. The molecule has 1 aliphatic heterocycles. The van der Waals surface area contributed by atoms with Crippen LogP contribution < -0.4 is 0 Å². The van der Waals surface area contributed by atoms with Gasteiger partial charge in [0, 0.05) is 48.3 Å². The second kappa shape index (κ2) is 13.5. The highest BCUT2D eigenvalue weighted by Gasteiger charge is 2.28. The molecule has 8 aromatic carbocycles. The summed E-state index contributed by atoms with van der Waals surface area (Å²) < 4.78 is 4.88. The van der Waals surface area contributed by atoms with Gasteiger partial charge in [0.15, 0.2) is 17.5 Å². The number of aromatic nitrogens is 5. The number of hydrogen-bond donors (Lipinski definition) is 0. The van der Waals surface area contributed by atoms with Crippen LogP contribution in [0.5, 0.6) is 0 Å². The Kier molecular flexibility index (Phi) is 7.71. The predicted molar refractivity (Wildman–Crippen MR) is 242 cm³/mol. The molecule has 0 amide bonds. The van der Waals surface area contributed by atoms with Crippen LogP contribution in [0.25, 0.3) is 101 Å². The van der Waals surface area contributed by atoms with E-state index in [1.54, 1.807) is 0 Å². The van der Waals surface area contributed by atoms with Crippen molar-refractivity contribution in [2.45, 2.75) is 9.79 Å². The number of nitrogens with zero attached hydrogens (tertiary/aromatic N) is 5. The summed E-state index contributed by atoms with van der Waals surface area (Å²) in [7, 11) is 0. The molecule has 0 N–H and O–H groups in total. The molecule has 59 heavy (non-hydrogen) atoms. The van der Waals surface area contributed by atoms with Crippen molar-refractivity contribution in [2.75, 3.05) is 0 Å². The summed E-state index contributed by atoms with van der Waals surface area (Å²) in [6.45, 7) is 0. The molecule has 11 aromatic rings. The lowest BCUT2D eigenvalue weighted by molar-refractivity contribution is 1.03. The van der Waals surface area contributed by atoms with E-state index in [9.17, 15) is 0 Å². The highest BCUT2D eigenvalue weighted by atomic mass is 32.2. The van der Waals surface area contributed by atoms with Crippen molar-refractivity contribution < 1.29 is 0 Å². The Bertz CT molecular complexity index is 3270. The second-order valence-electron chi connectivity index (χ2n) is 14.9. The van der Waals surface area contributed by atoms with Crippen molar-refractivity contribution in [2.24, 2.45) is 0 Å². The van der Waals surface area contributed by atoms with Crippen LogP contribution in [-0.2, 0) is 0 Å². The lowest BCUT2D eigenvalue weighted by atomic mass is 10.0. The standard InChI is InChI=1S/C53H33N5S/c1-4-13-34(14-5-1)36-23-27-38(28-24-36)50-54-51(39-29-25-37(26-30-39)35-15-6-2-7-16-35)56-52(55-50)40-31-32-42-45(33-40)57(41-17-8-3-9-18-41)53-48(42)43-19-12-22-47-49(43)58(53)44-20-10-11-21-46(44)59-47/h1-33H. The maximum atomic E-state index is 5.21. The fourth-order valence-corrected chi connectivity index (χ4v) is 9.69. The van der Waals surface area contributed by atoms with E-state index in [0.29, 0.717) is 17.5 Å². The summed E-state index contributed by atoms with van der Waals surface area (Å²) in [5.74, 6) is 1.87. The van der Waals surface area contributed by atoms with Gasteiger partial charge in [-0.25, -0.2) is 15.0 Å². The first kappa shape index (κ1) is 33.6. The average molecular weight is 772 g/mol. The third-order valence-corrected chi connectivity index (χ3v) is 12.5. The number of benzene rings is 8. The van der Waals surface area contributed by atoms with Gasteiger partial charge in [-0.15, -0.1) is 0 Å². The van der Waals surface area contributed by atoms with Gasteiger partial charge in [-0.05, 0) is 58.7 Å². The number of fused-ring (bicyclic) bond motifs is 7. The molecule has 0 atom stereocenters. The zero-order valence-electron chi connectivity index (χ0n) is 31.7. The van der Waals surface area contributed by atoms with E-state index in [0.717, 1.165) is 44.7 Å². The van der Waals surface area contributed by atoms with Crippen LogP contribution in [0.15, 0.2) is 210 Å². The van der Waals surface area contributed by atoms with Crippen molar-refractivity contribution in [1.29, 1.82) is 0 Å². The first-order chi connectivity index (χ1) is 29.2. The van der Waals surface area contributed by atoms with Crippen molar-refractivity contribution in [3.63, 3.8) is 0 Å². The lowest BCUT2D eigenvalue weighted by Crippen LogP contribution is -2.05. The Morgan fingerprint density at radius 1 is 0.356 bits per heavy atom. The molecule has 4 heterocycles. The van der Waals surface area contributed by atoms with E-state index in [1.807, 2.05) is 23.9 Å². The fourth-order valence-electron chi connectivity index (χ4n) is 8.60. The molecule has 6 heteroatoms. The molecule has 0 unspecified atom stereocenters. The fraction of sp³-hybridized carbons (Fsp3) is 0. The van der Waals surface area contributed by atoms with Gasteiger partial charge < -0.3 is 0 Å². The monoisotopic (exact) mass is 771 g/mol. The van der Waals surface area contributed by atoms with E-state index < -0.39 is 0 Å². The van der Waals surface area contributed by atoms with Crippen LogP contribution >= 0.6 is 11.8 Å². The highest BCUT2D eigenvalue weighted by molar-refractivity contribution is 7.99. The van der Waals surface area contributed by atoms with Crippen LogP contribution in [0, 0.1) is 0 Å². The van der Waals surface area contributed by atoms with Crippen LogP contribution in [0.4, 0.5) is 0 Å². The summed E-state index contributed by atoms with van der Waals surface area (Å²) >= 11 is 1.85. The van der Waals surface area contributed by atoms with E-state index in [2.05, 4.69) is 197 Å². The molecule has 0 radical (unpaired) electrons. The molecule has 0 aliphatic carbocycles. The third kappa shape index (κ3) is 5.52. The van der Waals surface area contributed by atoms with Gasteiger partial charge >= 0.3 is 0 Å². The number of hydrogen-bond acceptors (Lipinski definition) is 4. The molecule has 0 spiro atoms. The number of rotatable bonds is 6. The highest BCUT2D eigenvalue weighted by Crippen LogP contribution is 2.49. The van der Waals surface area contributed by atoms with Gasteiger partial charge in [0.2, 0.25) is 0 Å². The van der Waals surface area contributed by atoms with E-state index in [-0.39, 0.29) is 0 Å². The molecule has 276 valence electrons. The van der Waals surface area contributed by atoms with Gasteiger partial charge in [0.05, 0.1) is 16.7 Å². The molecule has 5 nitrogen and oxygen atoms in total. The van der Waals surface area contributed by atoms with Gasteiger partial charge in [0.25, 0.3) is 0 Å². The van der Waals surface area contributed by atoms with E-state index in [1.165, 1.54) is 48.3 Å². The Morgan fingerprint density at radius 2 is 0.847 bits per heavy atom. The van der Waals surface area contributed by atoms with Crippen LogP contribution in [-0.4, -0.2) is 24.1 Å². The first-order valence-corrected chi connectivity index (χ1v) is 20.6. The van der Waals surface area contributed by atoms with Crippen LogP contribution in [0.1, 0.15) is 0 Å². The predicted octanol–water partition coefficient (Wildman–Crippen LogP) is 13.7. The zero-order chi connectivity index (χ0) is 38.9. The first-order valence-electron chi connectivity index (χ1n) is 19.8. The van der Waals surface area contributed by atoms with Crippen LogP contribution in [0.3, 0.4) is 0 Å². The normalized spacial score (nSPS) is 12.0. The second-order valence-corrected chi connectivity index (χ2v) is 15.9. The molecule has 12 rings (SSSR count). The minimum atomic E-state index is 0.620.